The van der Waals surface area contributed by atoms with Crippen LogP contribution in [0.3, 0.4) is 0 Å². The molecule has 6 heteroatoms. The third kappa shape index (κ3) is 4.21. The van der Waals surface area contributed by atoms with Gasteiger partial charge in [-0.3, -0.25) is 4.79 Å². The van der Waals surface area contributed by atoms with Gasteiger partial charge in [0.25, 0.3) is 5.91 Å². The van der Waals surface area contributed by atoms with Gasteiger partial charge in [-0.05, 0) is 61.0 Å². The molecule has 0 unspecified atom stereocenters. The predicted octanol–water partition coefficient (Wildman–Crippen LogP) is 6.51. The van der Waals surface area contributed by atoms with Gasteiger partial charge < -0.3 is 14.6 Å². The SMILES string of the molecule is CCOc1ccc(NC(=O)c2scc(-c3ccc(Cl)cc3)c2-n2cccc2)cc1. The number of anilines is 1. The van der Waals surface area contributed by atoms with Crippen LogP contribution in [-0.2, 0) is 0 Å². The van der Waals surface area contributed by atoms with Gasteiger partial charge in [-0.2, -0.15) is 0 Å². The zero-order chi connectivity index (χ0) is 20.2. The van der Waals surface area contributed by atoms with Gasteiger partial charge in [0.15, 0.2) is 0 Å². The van der Waals surface area contributed by atoms with Gasteiger partial charge in [0.2, 0.25) is 0 Å². The molecule has 146 valence electrons. The molecular weight excluding hydrogens is 404 g/mol. The number of thiophene rings is 1. The highest BCUT2D eigenvalue weighted by Gasteiger charge is 2.20. The first kappa shape index (κ1) is 19.3. The second kappa shape index (κ2) is 8.55. The lowest BCUT2D eigenvalue weighted by Crippen LogP contribution is -2.13. The standard InChI is InChI=1S/C23H19ClN2O2S/c1-2-28-19-11-9-18(10-12-19)25-23(27)22-21(26-13-3-4-14-26)20(15-29-22)16-5-7-17(24)8-6-16/h3-15H,2H2,1H3,(H,25,27). The number of hydrogen-bond donors (Lipinski definition) is 1. The van der Waals surface area contributed by atoms with Crippen LogP contribution in [0, 0.1) is 0 Å². The normalized spacial score (nSPS) is 10.7. The van der Waals surface area contributed by atoms with E-state index in [1.54, 1.807) is 0 Å². The topological polar surface area (TPSA) is 43.3 Å². The summed E-state index contributed by atoms with van der Waals surface area (Å²) in [5.41, 5.74) is 3.57. The highest BCUT2D eigenvalue weighted by molar-refractivity contribution is 7.13. The van der Waals surface area contributed by atoms with Gasteiger partial charge in [0.1, 0.15) is 10.6 Å². The van der Waals surface area contributed by atoms with E-state index in [1.165, 1.54) is 11.3 Å². The molecule has 2 heterocycles. The van der Waals surface area contributed by atoms with Crippen molar-refractivity contribution >= 4 is 34.5 Å². The minimum absolute atomic E-state index is 0.150. The summed E-state index contributed by atoms with van der Waals surface area (Å²) in [6.07, 6.45) is 3.88. The number of carbonyl (C=O) groups is 1. The molecule has 0 aliphatic rings. The van der Waals surface area contributed by atoms with E-state index >= 15 is 0 Å². The van der Waals surface area contributed by atoms with Crippen molar-refractivity contribution in [1.29, 1.82) is 0 Å². The van der Waals surface area contributed by atoms with Gasteiger partial charge in [0.05, 0.1) is 12.3 Å². The number of hydrogen-bond acceptors (Lipinski definition) is 3. The summed E-state index contributed by atoms with van der Waals surface area (Å²) in [4.78, 5) is 13.7. The second-order valence-corrected chi connectivity index (χ2v) is 7.65. The third-order valence-electron chi connectivity index (χ3n) is 4.41. The minimum Gasteiger partial charge on any atom is -0.494 e. The summed E-state index contributed by atoms with van der Waals surface area (Å²) >= 11 is 7.46. The van der Waals surface area contributed by atoms with Crippen molar-refractivity contribution in [3.05, 3.63) is 88.3 Å². The van der Waals surface area contributed by atoms with Crippen molar-refractivity contribution in [3.63, 3.8) is 0 Å². The number of halogens is 1. The van der Waals surface area contributed by atoms with E-state index in [0.29, 0.717) is 16.5 Å². The van der Waals surface area contributed by atoms with Crippen LogP contribution in [0.4, 0.5) is 5.69 Å². The second-order valence-electron chi connectivity index (χ2n) is 6.34. The van der Waals surface area contributed by atoms with Gasteiger partial charge >= 0.3 is 0 Å². The Hall–Kier alpha value is -3.02. The smallest absolute Gasteiger partial charge is 0.267 e. The molecule has 0 fully saturated rings. The number of amides is 1. The van der Waals surface area contributed by atoms with Crippen LogP contribution in [0.25, 0.3) is 16.8 Å². The Morgan fingerprint density at radius 2 is 1.76 bits per heavy atom. The van der Waals surface area contributed by atoms with Crippen molar-refractivity contribution in [2.24, 2.45) is 0 Å². The molecule has 0 spiro atoms. The molecule has 0 aliphatic carbocycles. The highest BCUT2D eigenvalue weighted by Crippen LogP contribution is 2.36. The summed E-state index contributed by atoms with van der Waals surface area (Å²) in [6, 6.07) is 18.9. The molecule has 0 radical (unpaired) electrons. The van der Waals surface area contributed by atoms with Crippen LogP contribution < -0.4 is 10.1 Å². The van der Waals surface area contributed by atoms with E-state index in [2.05, 4.69) is 5.32 Å². The monoisotopic (exact) mass is 422 g/mol. The van der Waals surface area contributed by atoms with E-state index < -0.39 is 0 Å². The number of carbonyl (C=O) groups excluding carboxylic acids is 1. The Bertz CT molecular complexity index is 1100. The van der Waals surface area contributed by atoms with Crippen LogP contribution in [0.5, 0.6) is 5.75 Å². The fraction of sp³-hybridized carbons (Fsp3) is 0.0870. The first-order valence-corrected chi connectivity index (χ1v) is 10.5. The quantitative estimate of drug-likeness (QED) is 0.385. The number of benzene rings is 2. The lowest BCUT2D eigenvalue weighted by atomic mass is 10.1. The maximum atomic E-state index is 13.1. The number of nitrogens with zero attached hydrogens (tertiary/aromatic N) is 1. The number of nitrogens with one attached hydrogen (secondary N) is 1. The van der Waals surface area contributed by atoms with E-state index in [9.17, 15) is 4.79 Å². The van der Waals surface area contributed by atoms with Crippen LogP contribution in [0.2, 0.25) is 5.02 Å². The van der Waals surface area contributed by atoms with Crippen molar-refractivity contribution in [3.8, 4) is 22.6 Å². The number of ether oxygens (including phenoxy) is 1. The van der Waals surface area contributed by atoms with Crippen molar-refractivity contribution in [2.75, 3.05) is 11.9 Å². The molecule has 0 saturated carbocycles. The Labute approximate surface area is 178 Å². The van der Waals surface area contributed by atoms with Gasteiger partial charge in [0, 0.05) is 34.0 Å². The first-order valence-electron chi connectivity index (χ1n) is 9.20. The van der Waals surface area contributed by atoms with Crippen molar-refractivity contribution in [2.45, 2.75) is 6.92 Å². The van der Waals surface area contributed by atoms with Crippen LogP contribution in [-0.4, -0.2) is 17.1 Å². The van der Waals surface area contributed by atoms with Gasteiger partial charge in [-0.1, -0.05) is 23.7 Å². The lowest BCUT2D eigenvalue weighted by Gasteiger charge is -2.11. The van der Waals surface area contributed by atoms with Gasteiger partial charge in [-0.25, -0.2) is 0 Å². The lowest BCUT2D eigenvalue weighted by molar-refractivity contribution is 0.103. The van der Waals surface area contributed by atoms with E-state index in [0.717, 1.165) is 28.3 Å². The molecule has 0 aliphatic heterocycles. The maximum absolute atomic E-state index is 13.1. The average Bonchev–Trinajstić information content (AvgIpc) is 3.40. The fourth-order valence-corrected chi connectivity index (χ4v) is 4.17. The van der Waals surface area contributed by atoms with Crippen LogP contribution in [0.1, 0.15) is 16.6 Å². The van der Waals surface area contributed by atoms with E-state index in [-0.39, 0.29) is 5.91 Å². The molecule has 4 nitrogen and oxygen atoms in total. The van der Waals surface area contributed by atoms with Crippen LogP contribution >= 0.6 is 22.9 Å². The highest BCUT2D eigenvalue weighted by atomic mass is 35.5. The summed E-state index contributed by atoms with van der Waals surface area (Å²) in [6.45, 7) is 2.54. The molecular formula is C23H19ClN2O2S. The molecule has 2 aromatic carbocycles. The fourth-order valence-electron chi connectivity index (χ4n) is 3.08. The molecule has 1 amide bonds. The summed E-state index contributed by atoms with van der Waals surface area (Å²) in [5, 5.41) is 5.67. The summed E-state index contributed by atoms with van der Waals surface area (Å²) in [5.74, 6) is 0.628. The molecule has 0 atom stereocenters. The molecule has 29 heavy (non-hydrogen) atoms. The number of rotatable bonds is 6. The maximum Gasteiger partial charge on any atom is 0.267 e. The zero-order valence-corrected chi connectivity index (χ0v) is 17.3. The summed E-state index contributed by atoms with van der Waals surface area (Å²) in [7, 11) is 0. The van der Waals surface area contributed by atoms with Crippen molar-refractivity contribution in [1.82, 2.24) is 4.57 Å². The molecule has 1 N–H and O–H groups in total. The minimum atomic E-state index is -0.150. The van der Waals surface area contributed by atoms with Crippen LogP contribution in [0.15, 0.2) is 78.4 Å². The summed E-state index contributed by atoms with van der Waals surface area (Å²) < 4.78 is 7.42. The zero-order valence-electron chi connectivity index (χ0n) is 15.8. The van der Waals surface area contributed by atoms with Crippen molar-refractivity contribution < 1.29 is 9.53 Å². The largest absolute Gasteiger partial charge is 0.494 e. The van der Waals surface area contributed by atoms with E-state index in [1.807, 2.05) is 89.9 Å². The Kier molecular flexibility index (Phi) is 5.69. The average molecular weight is 423 g/mol. The molecule has 2 aromatic heterocycles. The Morgan fingerprint density at radius 3 is 2.41 bits per heavy atom. The molecule has 0 bridgehead atoms. The first-order chi connectivity index (χ1) is 14.2. The van der Waals surface area contributed by atoms with Gasteiger partial charge in [-0.15, -0.1) is 11.3 Å². The Morgan fingerprint density at radius 1 is 1.07 bits per heavy atom. The molecule has 0 saturated heterocycles. The number of aromatic nitrogens is 1. The molecule has 4 aromatic rings. The Balaban J connectivity index is 1.68. The predicted molar refractivity (Wildman–Crippen MR) is 120 cm³/mol. The third-order valence-corrected chi connectivity index (χ3v) is 5.63. The van der Waals surface area contributed by atoms with E-state index in [4.69, 9.17) is 16.3 Å². The molecule has 4 rings (SSSR count).